The number of carboxylic acid groups (broad SMARTS) is 4. The Morgan fingerprint density at radius 2 is 0.633 bits per heavy atom. The summed E-state index contributed by atoms with van der Waals surface area (Å²) in [5, 5.41) is 36.7. The molecule has 4 atom stereocenters. The summed E-state index contributed by atoms with van der Waals surface area (Å²) in [6.07, 6.45) is -7.18. The van der Waals surface area contributed by atoms with Gasteiger partial charge < -0.3 is 48.8 Å². The maximum absolute atomic E-state index is 11.3. The summed E-state index contributed by atoms with van der Waals surface area (Å²) in [7, 11) is 0. The Kier molecular flexibility index (Phi) is 11.8. The Hall–Kier alpha value is -2.36. The van der Waals surface area contributed by atoms with Crippen molar-refractivity contribution in [3.63, 3.8) is 0 Å². The number of aliphatic carboxylic acids is 4. The van der Waals surface area contributed by atoms with Crippen molar-refractivity contribution >= 4 is 23.9 Å². The highest BCUT2D eigenvalue weighted by molar-refractivity contribution is 5.84. The molecule has 0 aliphatic carbocycles. The second kappa shape index (κ2) is 13.8. The molecule has 0 aromatic heterocycles. The number of rotatable bonds is 4. The minimum atomic E-state index is -1.79. The van der Waals surface area contributed by atoms with Gasteiger partial charge in [0.25, 0.3) is 0 Å². The summed E-state index contributed by atoms with van der Waals surface area (Å²) < 4.78 is 30.3. The SMILES string of the molecule is O=C(O)[C@H]1OCCOCCO[C@@H](C(=O)O)[C@H](C(=O)O)OCCOCCO[C@@H]1C(=O)O. The predicted molar refractivity (Wildman–Crippen MR) is 91.1 cm³/mol. The molecular weight excluding hydrogens is 416 g/mol. The van der Waals surface area contributed by atoms with Crippen molar-refractivity contribution in [2.45, 2.75) is 24.4 Å². The third-order valence-corrected chi connectivity index (χ3v) is 3.62. The highest BCUT2D eigenvalue weighted by atomic mass is 16.6. The predicted octanol–water partition coefficient (Wildman–Crippen LogP) is -2.09. The number of hydrogen-bond donors (Lipinski definition) is 4. The zero-order valence-electron chi connectivity index (χ0n) is 15.8. The first kappa shape index (κ1) is 25.7. The van der Waals surface area contributed by atoms with E-state index in [1.807, 2.05) is 0 Å². The lowest BCUT2D eigenvalue weighted by atomic mass is 10.2. The second-order valence-electron chi connectivity index (χ2n) is 5.74. The highest BCUT2D eigenvalue weighted by Crippen LogP contribution is 2.08. The van der Waals surface area contributed by atoms with Crippen molar-refractivity contribution in [3.05, 3.63) is 0 Å². The van der Waals surface area contributed by atoms with Gasteiger partial charge in [-0.2, -0.15) is 0 Å². The van der Waals surface area contributed by atoms with Crippen LogP contribution in [0.15, 0.2) is 0 Å². The minimum Gasteiger partial charge on any atom is -0.479 e. The van der Waals surface area contributed by atoms with Crippen molar-refractivity contribution in [2.75, 3.05) is 52.9 Å². The molecule has 14 nitrogen and oxygen atoms in total. The molecule has 1 aliphatic rings. The van der Waals surface area contributed by atoms with Crippen LogP contribution < -0.4 is 0 Å². The molecular formula is C16H24O14. The van der Waals surface area contributed by atoms with Gasteiger partial charge in [-0.3, -0.25) is 0 Å². The Bertz CT molecular complexity index is 480. The van der Waals surface area contributed by atoms with Gasteiger partial charge in [-0.15, -0.1) is 0 Å². The van der Waals surface area contributed by atoms with E-state index in [0.717, 1.165) is 0 Å². The lowest BCUT2D eigenvalue weighted by Gasteiger charge is -2.23. The van der Waals surface area contributed by atoms with Gasteiger partial charge >= 0.3 is 23.9 Å². The van der Waals surface area contributed by atoms with Gasteiger partial charge in [-0.25, -0.2) is 19.2 Å². The standard InChI is InChI=1S/C16H24O14/c17-13(18)9-10(14(19)20)29-7-3-26-4-8-30-12(16(23)24)11(15(21)22)28-6-2-25-1-5-27-9/h9-12H,1-8H2,(H,17,18)(H,19,20)(H,21,22)(H,23,24)/t9-,10-,11+,12+. The van der Waals surface area contributed by atoms with E-state index in [2.05, 4.69) is 0 Å². The lowest BCUT2D eigenvalue weighted by molar-refractivity contribution is -0.183. The molecule has 1 saturated heterocycles. The van der Waals surface area contributed by atoms with Crippen LogP contribution in [0.25, 0.3) is 0 Å². The zero-order valence-corrected chi connectivity index (χ0v) is 15.8. The maximum Gasteiger partial charge on any atom is 0.336 e. The second-order valence-corrected chi connectivity index (χ2v) is 5.74. The quantitative estimate of drug-likeness (QED) is 0.370. The average molecular weight is 440 g/mol. The van der Waals surface area contributed by atoms with Crippen molar-refractivity contribution in [1.82, 2.24) is 0 Å². The molecule has 4 N–H and O–H groups in total. The van der Waals surface area contributed by atoms with E-state index in [0.29, 0.717) is 0 Å². The van der Waals surface area contributed by atoms with Crippen LogP contribution in [0.2, 0.25) is 0 Å². The van der Waals surface area contributed by atoms with Crippen LogP contribution in [0.4, 0.5) is 0 Å². The molecule has 0 aromatic carbocycles. The van der Waals surface area contributed by atoms with E-state index in [9.17, 15) is 39.6 Å². The Balaban J connectivity index is 2.77. The summed E-state index contributed by atoms with van der Waals surface area (Å²) in [6.45, 7) is -1.88. The molecule has 0 radical (unpaired) electrons. The van der Waals surface area contributed by atoms with Crippen LogP contribution in [0.3, 0.4) is 0 Å². The van der Waals surface area contributed by atoms with Crippen LogP contribution in [-0.2, 0) is 47.6 Å². The highest BCUT2D eigenvalue weighted by Gasteiger charge is 2.37. The molecule has 14 heteroatoms. The van der Waals surface area contributed by atoms with Gasteiger partial charge in [0.2, 0.25) is 0 Å². The summed E-state index contributed by atoms with van der Waals surface area (Å²) in [5.41, 5.74) is 0. The number of hydrogen-bond acceptors (Lipinski definition) is 10. The summed E-state index contributed by atoms with van der Waals surface area (Å²) >= 11 is 0. The third-order valence-electron chi connectivity index (χ3n) is 3.62. The first-order valence-electron chi connectivity index (χ1n) is 8.78. The Labute approximate surface area is 170 Å². The molecule has 172 valence electrons. The van der Waals surface area contributed by atoms with Gasteiger partial charge in [0.1, 0.15) is 0 Å². The van der Waals surface area contributed by atoms with Gasteiger partial charge in [0, 0.05) is 0 Å². The van der Waals surface area contributed by atoms with Crippen LogP contribution in [0, 0.1) is 0 Å². The molecule has 0 amide bonds. The molecule has 30 heavy (non-hydrogen) atoms. The smallest absolute Gasteiger partial charge is 0.336 e. The zero-order chi connectivity index (χ0) is 22.5. The van der Waals surface area contributed by atoms with Crippen molar-refractivity contribution in [2.24, 2.45) is 0 Å². The minimum absolute atomic E-state index is 0.167. The maximum atomic E-state index is 11.3. The molecule has 0 bridgehead atoms. The molecule has 1 heterocycles. The average Bonchev–Trinajstić information content (AvgIpc) is 2.66. The monoisotopic (exact) mass is 440 g/mol. The fourth-order valence-electron chi connectivity index (χ4n) is 2.29. The fraction of sp³-hybridized carbons (Fsp3) is 0.750. The third kappa shape index (κ3) is 8.98. The van der Waals surface area contributed by atoms with Crippen LogP contribution >= 0.6 is 0 Å². The molecule has 0 aromatic rings. The van der Waals surface area contributed by atoms with Crippen LogP contribution in [0.5, 0.6) is 0 Å². The molecule has 1 aliphatic heterocycles. The van der Waals surface area contributed by atoms with Crippen molar-refractivity contribution in [3.8, 4) is 0 Å². The molecule has 1 fully saturated rings. The van der Waals surface area contributed by atoms with E-state index in [4.69, 9.17) is 28.4 Å². The number of carboxylic acids is 4. The van der Waals surface area contributed by atoms with E-state index in [-0.39, 0.29) is 52.9 Å². The van der Waals surface area contributed by atoms with Crippen LogP contribution in [0.1, 0.15) is 0 Å². The molecule has 0 unspecified atom stereocenters. The number of carbonyl (C=O) groups is 4. The van der Waals surface area contributed by atoms with Gasteiger partial charge in [0.15, 0.2) is 24.4 Å². The largest absolute Gasteiger partial charge is 0.479 e. The van der Waals surface area contributed by atoms with Gasteiger partial charge in [0.05, 0.1) is 52.9 Å². The Morgan fingerprint density at radius 1 is 0.433 bits per heavy atom. The van der Waals surface area contributed by atoms with Crippen LogP contribution in [-0.4, -0.2) is 122 Å². The first-order valence-corrected chi connectivity index (χ1v) is 8.78. The Morgan fingerprint density at radius 3 is 0.800 bits per heavy atom. The number of ether oxygens (including phenoxy) is 6. The summed E-state index contributed by atoms with van der Waals surface area (Å²) in [6, 6.07) is 0. The van der Waals surface area contributed by atoms with E-state index in [1.165, 1.54) is 0 Å². The summed E-state index contributed by atoms with van der Waals surface area (Å²) in [4.78, 5) is 45.2. The van der Waals surface area contributed by atoms with E-state index in [1.54, 1.807) is 0 Å². The lowest BCUT2D eigenvalue weighted by Crippen LogP contribution is -2.45. The van der Waals surface area contributed by atoms with E-state index >= 15 is 0 Å². The van der Waals surface area contributed by atoms with E-state index < -0.39 is 48.3 Å². The molecule has 0 spiro atoms. The van der Waals surface area contributed by atoms with Crippen molar-refractivity contribution < 1.29 is 68.0 Å². The van der Waals surface area contributed by atoms with Gasteiger partial charge in [-0.1, -0.05) is 0 Å². The normalized spacial score (nSPS) is 28.5. The van der Waals surface area contributed by atoms with Crippen molar-refractivity contribution in [1.29, 1.82) is 0 Å². The summed E-state index contributed by atoms with van der Waals surface area (Å²) in [5.74, 6) is -6.17. The molecule has 1 rings (SSSR count). The topological polar surface area (TPSA) is 205 Å². The molecule has 0 saturated carbocycles. The van der Waals surface area contributed by atoms with Gasteiger partial charge in [-0.05, 0) is 0 Å². The fourth-order valence-corrected chi connectivity index (χ4v) is 2.29. The first-order chi connectivity index (χ1) is 14.3.